The summed E-state index contributed by atoms with van der Waals surface area (Å²) in [5, 5.41) is 11.3. The maximum Gasteiger partial charge on any atom is 0.238 e. The molecule has 2 aromatic rings. The first-order valence-electron chi connectivity index (χ1n) is 13.0. The number of phenols is 1. The molecule has 3 aliphatic carbocycles. The van der Waals surface area contributed by atoms with Crippen molar-refractivity contribution in [2.45, 2.75) is 32.1 Å². The highest BCUT2D eigenvalue weighted by Crippen LogP contribution is 2.56. The first kappa shape index (κ1) is 25.4. The lowest BCUT2D eigenvalue weighted by molar-refractivity contribution is -0.123. The zero-order valence-electron chi connectivity index (χ0n) is 21.3. The van der Waals surface area contributed by atoms with E-state index in [-0.39, 0.29) is 35.6 Å². The number of nitrogens with zero attached hydrogens (tertiary/aromatic N) is 1. The van der Waals surface area contributed by atoms with E-state index >= 15 is 0 Å². The molecule has 0 unspecified atom stereocenters. The normalized spacial score (nSPS) is 26.2. The largest absolute Gasteiger partial charge is 0.507 e. The first-order chi connectivity index (χ1) is 18.7. The number of rotatable bonds is 4. The van der Waals surface area contributed by atoms with Crippen LogP contribution in [0.1, 0.15) is 36.8 Å². The van der Waals surface area contributed by atoms with Crippen LogP contribution in [0, 0.1) is 17.8 Å². The van der Waals surface area contributed by atoms with Gasteiger partial charge in [0.25, 0.3) is 0 Å². The number of hydrogen-bond donors (Lipinski definition) is 1. The molecule has 7 heteroatoms. The summed E-state index contributed by atoms with van der Waals surface area (Å²) in [5.41, 5.74) is 3.60. The van der Waals surface area contributed by atoms with Crippen molar-refractivity contribution in [1.29, 1.82) is 0 Å². The van der Waals surface area contributed by atoms with Crippen LogP contribution in [0.2, 0.25) is 0 Å². The lowest BCUT2D eigenvalue weighted by Crippen LogP contribution is -2.39. The molecular weight excluding hydrogens is 558 g/mol. The van der Waals surface area contributed by atoms with Gasteiger partial charge in [0, 0.05) is 32.7 Å². The summed E-state index contributed by atoms with van der Waals surface area (Å²) in [6.45, 7) is 5.40. The van der Waals surface area contributed by atoms with E-state index in [0.717, 1.165) is 10.0 Å². The van der Waals surface area contributed by atoms with Gasteiger partial charge in [-0.15, -0.1) is 6.58 Å². The Morgan fingerprint density at radius 2 is 1.79 bits per heavy atom. The minimum atomic E-state index is -0.685. The molecule has 6 rings (SSSR count). The maximum atomic E-state index is 13.9. The van der Waals surface area contributed by atoms with Gasteiger partial charge in [0.05, 0.1) is 17.5 Å². The van der Waals surface area contributed by atoms with E-state index in [1.54, 1.807) is 49.4 Å². The molecule has 4 atom stereocenters. The maximum absolute atomic E-state index is 13.9. The number of aromatic hydroxyl groups is 1. The molecule has 1 aliphatic heterocycles. The number of benzene rings is 2. The number of anilines is 1. The van der Waals surface area contributed by atoms with Crippen molar-refractivity contribution in [1.82, 2.24) is 0 Å². The number of para-hydroxylation sites is 1. The van der Waals surface area contributed by atoms with Gasteiger partial charge in [-0.05, 0) is 68.0 Å². The van der Waals surface area contributed by atoms with Gasteiger partial charge in [0.15, 0.2) is 11.6 Å². The molecule has 6 nitrogen and oxygen atoms in total. The van der Waals surface area contributed by atoms with Crippen LogP contribution in [0.4, 0.5) is 5.69 Å². The summed E-state index contributed by atoms with van der Waals surface area (Å²) in [5.74, 6) is -3.32. The molecule has 1 saturated heterocycles. The number of carbonyl (C=O) groups excluding carboxylic acids is 4. The topological polar surface area (TPSA) is 91.8 Å². The van der Waals surface area contributed by atoms with Crippen molar-refractivity contribution in [2.24, 2.45) is 17.8 Å². The van der Waals surface area contributed by atoms with E-state index in [9.17, 15) is 24.3 Å². The molecule has 4 aliphatic rings. The van der Waals surface area contributed by atoms with Crippen molar-refractivity contribution in [2.75, 3.05) is 4.90 Å². The molecule has 0 saturated carbocycles. The number of allylic oxidation sites excluding steroid dienone is 7. The monoisotopic (exact) mass is 583 g/mol. The minimum Gasteiger partial charge on any atom is -0.507 e. The smallest absolute Gasteiger partial charge is 0.238 e. The van der Waals surface area contributed by atoms with E-state index in [0.29, 0.717) is 46.4 Å². The fourth-order valence-corrected chi connectivity index (χ4v) is 7.01. The molecule has 196 valence electrons. The van der Waals surface area contributed by atoms with Crippen LogP contribution in [0.3, 0.4) is 0 Å². The van der Waals surface area contributed by atoms with Crippen molar-refractivity contribution >= 4 is 45.0 Å². The minimum absolute atomic E-state index is 0.0507. The Morgan fingerprint density at radius 1 is 1.05 bits per heavy atom. The number of ketones is 2. The molecule has 1 N–H and O–H groups in total. The molecule has 0 radical (unpaired) electrons. The fourth-order valence-electron chi connectivity index (χ4n) is 6.75. The van der Waals surface area contributed by atoms with Gasteiger partial charge in [-0.1, -0.05) is 51.9 Å². The zero-order valence-corrected chi connectivity index (χ0v) is 22.9. The average Bonchev–Trinajstić information content (AvgIpc) is 3.18. The molecule has 0 bridgehead atoms. The molecule has 2 amide bonds. The Labute approximate surface area is 234 Å². The second kappa shape index (κ2) is 9.42. The van der Waals surface area contributed by atoms with E-state index in [1.165, 1.54) is 11.0 Å². The van der Waals surface area contributed by atoms with Crippen LogP contribution in [0.25, 0.3) is 0 Å². The van der Waals surface area contributed by atoms with Gasteiger partial charge in [0.2, 0.25) is 11.8 Å². The van der Waals surface area contributed by atoms with E-state index in [1.807, 2.05) is 12.1 Å². The van der Waals surface area contributed by atoms with E-state index in [2.05, 4.69) is 22.5 Å². The summed E-state index contributed by atoms with van der Waals surface area (Å²) < 4.78 is 0.837. The summed E-state index contributed by atoms with van der Waals surface area (Å²) in [7, 11) is 0. The van der Waals surface area contributed by atoms with Crippen LogP contribution in [-0.2, 0) is 25.6 Å². The van der Waals surface area contributed by atoms with Gasteiger partial charge < -0.3 is 5.11 Å². The second-order valence-electron chi connectivity index (χ2n) is 10.6. The Kier molecular flexibility index (Phi) is 6.14. The van der Waals surface area contributed by atoms with Gasteiger partial charge in [-0.3, -0.25) is 24.1 Å². The molecule has 0 aromatic heterocycles. The Bertz CT molecular complexity index is 1580. The highest BCUT2D eigenvalue weighted by Gasteiger charge is 2.56. The highest BCUT2D eigenvalue weighted by atomic mass is 79.9. The second-order valence-corrected chi connectivity index (χ2v) is 11.5. The SMILES string of the molecule is C=CCc1cccc([C@H]2C3=CC[C@@H]4C(=O)N(c5ccc(Br)cc5)C(=O)[C@@H]4[C@@H]3CC3=C2C(=O)C=C(C)C3=O)c1O. The number of Topliss-reactive ketones (excluding diaryl/α,β-unsaturated/α-hetero) is 1. The zero-order chi connectivity index (χ0) is 27.6. The molecule has 39 heavy (non-hydrogen) atoms. The van der Waals surface area contributed by atoms with Crippen molar-refractivity contribution in [3.8, 4) is 5.75 Å². The molecule has 1 heterocycles. The highest BCUT2D eigenvalue weighted by molar-refractivity contribution is 9.10. The summed E-state index contributed by atoms with van der Waals surface area (Å²) in [6, 6.07) is 12.4. The number of phenolic OH excluding ortho intramolecular Hbond substituents is 1. The van der Waals surface area contributed by atoms with Gasteiger partial charge in [-0.25, -0.2) is 0 Å². The van der Waals surface area contributed by atoms with Crippen molar-refractivity contribution in [3.05, 3.63) is 105 Å². The Hall–Kier alpha value is -3.84. The van der Waals surface area contributed by atoms with Crippen molar-refractivity contribution < 1.29 is 24.3 Å². The third kappa shape index (κ3) is 3.82. The third-order valence-corrected chi connectivity index (χ3v) is 9.00. The first-order valence-corrected chi connectivity index (χ1v) is 13.8. The van der Waals surface area contributed by atoms with Crippen LogP contribution in [0.15, 0.2) is 94.0 Å². The molecular formula is C32H26BrNO5. The van der Waals surface area contributed by atoms with E-state index < -0.39 is 23.7 Å². The standard InChI is InChI=1S/C32H26BrNO5/c1-3-5-17-6-4-7-21(30(17)37)26-20-12-13-22-27(23(20)15-24-28(26)25(35)14-16(2)29(24)36)32(39)34(31(22)38)19-10-8-18(33)9-11-19/h3-4,6-12,14,22-23,26-27,37H,1,5,13,15H2,2H3/t22-,23+,26+,27-/m0/s1. The predicted octanol–water partition coefficient (Wildman–Crippen LogP) is 5.52. The lowest BCUT2D eigenvalue weighted by atomic mass is 9.59. The van der Waals surface area contributed by atoms with Gasteiger partial charge in [-0.2, -0.15) is 0 Å². The molecule has 0 spiro atoms. The Morgan fingerprint density at radius 3 is 2.51 bits per heavy atom. The summed E-state index contributed by atoms with van der Waals surface area (Å²) in [4.78, 5) is 55.6. The number of fused-ring (bicyclic) bond motifs is 3. The number of imide groups is 1. The van der Waals surface area contributed by atoms with Crippen molar-refractivity contribution in [3.63, 3.8) is 0 Å². The van der Waals surface area contributed by atoms with Crippen LogP contribution in [-0.4, -0.2) is 28.5 Å². The summed E-state index contributed by atoms with van der Waals surface area (Å²) in [6.07, 6.45) is 6.00. The lowest BCUT2D eigenvalue weighted by Gasteiger charge is -2.42. The predicted molar refractivity (Wildman–Crippen MR) is 150 cm³/mol. The van der Waals surface area contributed by atoms with Gasteiger partial charge >= 0.3 is 0 Å². The number of hydrogen-bond acceptors (Lipinski definition) is 5. The fraction of sp³-hybridized carbons (Fsp3) is 0.250. The van der Waals surface area contributed by atoms with Crippen LogP contribution >= 0.6 is 15.9 Å². The quantitative estimate of drug-likeness (QED) is 0.291. The molecule has 2 aromatic carbocycles. The average molecular weight is 584 g/mol. The number of carbonyl (C=O) groups is 4. The van der Waals surface area contributed by atoms with Gasteiger partial charge in [0.1, 0.15) is 5.75 Å². The number of halogens is 1. The third-order valence-electron chi connectivity index (χ3n) is 8.47. The Balaban J connectivity index is 1.50. The summed E-state index contributed by atoms with van der Waals surface area (Å²) >= 11 is 3.40. The van der Waals surface area contributed by atoms with Crippen LogP contribution in [0.5, 0.6) is 5.75 Å². The molecule has 1 fully saturated rings. The number of amides is 2. The van der Waals surface area contributed by atoms with Crippen LogP contribution < -0.4 is 4.90 Å². The van der Waals surface area contributed by atoms with E-state index in [4.69, 9.17) is 0 Å².